The molecule has 0 aliphatic heterocycles. The molecule has 0 aromatic heterocycles. The normalized spacial score (nSPS) is 12.9. The standard InChI is InChI=1S/C12H24NO6P.C11H21NO2/c1-9(2)11(14)5-6-12(15)13-7-8-18-20(16,17)19-10(3)4;1-8(2)7-12-11(14)6-5-10(13)9(3)4/h9-10H,5-8H2,1-4H3,(H,13,15)(H,16,17);8-9H,5-7H2,1-4H3,(H,12,14). The van der Waals surface area contributed by atoms with Gasteiger partial charge in [0.15, 0.2) is 0 Å². The number of Topliss-reactive ketones (excluding diaryl/α,β-unsaturated/α-hetero) is 2. The number of amides is 2. The van der Waals surface area contributed by atoms with Crippen molar-refractivity contribution in [2.45, 2.75) is 87.2 Å². The molecule has 2 amide bonds. The maximum absolute atomic E-state index is 11.4. The first kappa shape index (κ1) is 34.6. The first-order valence-electron chi connectivity index (χ1n) is 11.8. The van der Waals surface area contributed by atoms with Crippen molar-refractivity contribution < 1.29 is 37.7 Å². The van der Waals surface area contributed by atoms with Gasteiger partial charge in [-0.3, -0.25) is 28.2 Å². The Morgan fingerprint density at radius 2 is 1.21 bits per heavy atom. The number of carbonyl (C=O) groups is 4. The van der Waals surface area contributed by atoms with Crippen LogP contribution in [-0.4, -0.2) is 54.1 Å². The Balaban J connectivity index is 0. The Bertz CT molecular complexity index is 678. The van der Waals surface area contributed by atoms with Gasteiger partial charge >= 0.3 is 7.82 Å². The summed E-state index contributed by atoms with van der Waals surface area (Å²) >= 11 is 0. The van der Waals surface area contributed by atoms with Crippen LogP contribution in [0.4, 0.5) is 0 Å². The van der Waals surface area contributed by atoms with Gasteiger partial charge in [-0.15, -0.1) is 0 Å². The number of hydrogen-bond acceptors (Lipinski definition) is 7. The van der Waals surface area contributed by atoms with Crippen LogP contribution in [0.5, 0.6) is 0 Å². The van der Waals surface area contributed by atoms with Gasteiger partial charge in [-0.2, -0.15) is 0 Å². The largest absolute Gasteiger partial charge is 0.472 e. The van der Waals surface area contributed by atoms with E-state index in [1.165, 1.54) is 0 Å². The highest BCUT2D eigenvalue weighted by Crippen LogP contribution is 2.44. The van der Waals surface area contributed by atoms with Crippen molar-refractivity contribution in [3.8, 4) is 0 Å². The fraction of sp³-hybridized carbons (Fsp3) is 0.826. The van der Waals surface area contributed by atoms with Crippen LogP contribution in [0.15, 0.2) is 0 Å². The van der Waals surface area contributed by atoms with Crippen LogP contribution in [0, 0.1) is 17.8 Å². The van der Waals surface area contributed by atoms with Gasteiger partial charge in [-0.05, 0) is 19.8 Å². The molecule has 3 N–H and O–H groups in total. The van der Waals surface area contributed by atoms with Gasteiger partial charge in [0.05, 0.1) is 12.7 Å². The van der Waals surface area contributed by atoms with Gasteiger partial charge in [-0.25, -0.2) is 4.57 Å². The van der Waals surface area contributed by atoms with Crippen molar-refractivity contribution in [1.29, 1.82) is 0 Å². The fourth-order valence-electron chi connectivity index (χ4n) is 2.19. The molecular weight excluding hydrogens is 463 g/mol. The molecule has 0 aromatic rings. The minimum Gasteiger partial charge on any atom is -0.356 e. The van der Waals surface area contributed by atoms with Crippen LogP contribution in [0.25, 0.3) is 0 Å². The summed E-state index contributed by atoms with van der Waals surface area (Å²) in [5.41, 5.74) is 0. The summed E-state index contributed by atoms with van der Waals surface area (Å²) in [5.74, 6) is 0.284. The second-order valence-corrected chi connectivity index (χ2v) is 10.7. The zero-order chi connectivity index (χ0) is 26.9. The number of carbonyl (C=O) groups excluding carboxylic acids is 4. The number of ketones is 2. The molecule has 1 atom stereocenters. The molecule has 0 aromatic carbocycles. The van der Waals surface area contributed by atoms with E-state index in [0.29, 0.717) is 25.3 Å². The van der Waals surface area contributed by atoms with Crippen molar-refractivity contribution in [2.75, 3.05) is 19.7 Å². The van der Waals surface area contributed by atoms with Crippen molar-refractivity contribution in [3.05, 3.63) is 0 Å². The summed E-state index contributed by atoms with van der Waals surface area (Å²) in [4.78, 5) is 54.4. The second kappa shape index (κ2) is 18.7. The second-order valence-electron chi connectivity index (χ2n) is 9.25. The number of phosphoric ester groups is 1. The van der Waals surface area contributed by atoms with E-state index in [1.54, 1.807) is 27.7 Å². The third-order valence-electron chi connectivity index (χ3n) is 4.21. The van der Waals surface area contributed by atoms with E-state index in [9.17, 15) is 28.6 Å². The highest BCUT2D eigenvalue weighted by molar-refractivity contribution is 7.47. The third-order valence-corrected chi connectivity index (χ3v) is 5.41. The summed E-state index contributed by atoms with van der Waals surface area (Å²) in [5, 5.41) is 5.28. The Kier molecular flexibility index (Phi) is 19.0. The molecule has 11 heteroatoms. The average Bonchev–Trinajstić information content (AvgIpc) is 2.71. The lowest BCUT2D eigenvalue weighted by Gasteiger charge is -2.14. The van der Waals surface area contributed by atoms with E-state index in [2.05, 4.69) is 19.7 Å². The summed E-state index contributed by atoms with van der Waals surface area (Å²) < 4.78 is 20.7. The van der Waals surface area contributed by atoms with E-state index in [1.807, 2.05) is 27.7 Å². The van der Waals surface area contributed by atoms with Gasteiger partial charge in [0, 0.05) is 50.6 Å². The highest BCUT2D eigenvalue weighted by atomic mass is 31.2. The molecule has 0 aliphatic rings. The van der Waals surface area contributed by atoms with Crippen LogP contribution < -0.4 is 10.6 Å². The Morgan fingerprint density at radius 3 is 1.59 bits per heavy atom. The molecule has 0 saturated carbocycles. The SMILES string of the molecule is CC(C)CNC(=O)CCC(=O)C(C)C.CC(C)OP(=O)(O)OCCNC(=O)CCC(=O)C(C)C. The van der Waals surface area contributed by atoms with E-state index in [-0.39, 0.29) is 61.2 Å². The van der Waals surface area contributed by atoms with Crippen molar-refractivity contribution in [2.24, 2.45) is 17.8 Å². The van der Waals surface area contributed by atoms with Gasteiger partial charge < -0.3 is 15.5 Å². The van der Waals surface area contributed by atoms with E-state index >= 15 is 0 Å². The third kappa shape index (κ3) is 22.2. The van der Waals surface area contributed by atoms with E-state index < -0.39 is 13.9 Å². The highest BCUT2D eigenvalue weighted by Gasteiger charge is 2.22. The maximum atomic E-state index is 11.4. The summed E-state index contributed by atoms with van der Waals surface area (Å²) in [6, 6.07) is 0. The van der Waals surface area contributed by atoms with Crippen LogP contribution in [0.2, 0.25) is 0 Å². The predicted octanol–water partition coefficient (Wildman–Crippen LogP) is 3.41. The summed E-state index contributed by atoms with van der Waals surface area (Å²) in [6.07, 6.45) is 0.559. The number of hydrogen-bond donors (Lipinski definition) is 3. The first-order valence-corrected chi connectivity index (χ1v) is 13.3. The molecule has 0 rings (SSSR count). The lowest BCUT2D eigenvalue weighted by molar-refractivity contribution is -0.126. The molecule has 1 unspecified atom stereocenters. The van der Waals surface area contributed by atoms with Crippen molar-refractivity contribution in [1.82, 2.24) is 10.6 Å². The molecule has 0 aliphatic carbocycles. The summed E-state index contributed by atoms with van der Waals surface area (Å²) in [6.45, 7) is 15.2. The quantitative estimate of drug-likeness (QED) is 0.212. The fourth-order valence-corrected chi connectivity index (χ4v) is 3.11. The molecule has 0 saturated heterocycles. The lowest BCUT2D eigenvalue weighted by atomic mass is 10.0. The Morgan fingerprint density at radius 1 is 0.765 bits per heavy atom. The van der Waals surface area contributed by atoms with Gasteiger partial charge in [-0.1, -0.05) is 41.5 Å². The average molecular weight is 509 g/mol. The summed E-state index contributed by atoms with van der Waals surface area (Å²) in [7, 11) is -4.06. The maximum Gasteiger partial charge on any atom is 0.472 e. The van der Waals surface area contributed by atoms with Crippen LogP contribution in [0.1, 0.15) is 81.1 Å². The minimum atomic E-state index is -4.06. The van der Waals surface area contributed by atoms with Crippen molar-refractivity contribution in [3.63, 3.8) is 0 Å². The lowest BCUT2D eigenvalue weighted by Crippen LogP contribution is -2.27. The smallest absolute Gasteiger partial charge is 0.356 e. The van der Waals surface area contributed by atoms with Gasteiger partial charge in [0.1, 0.15) is 11.6 Å². The molecular formula is C23H45N2O8P. The first-order chi connectivity index (χ1) is 15.6. The molecule has 200 valence electrons. The zero-order valence-corrected chi connectivity index (χ0v) is 22.9. The molecule has 0 bridgehead atoms. The predicted molar refractivity (Wildman–Crippen MR) is 131 cm³/mol. The minimum absolute atomic E-state index is 0.0206. The molecule has 0 radical (unpaired) electrons. The van der Waals surface area contributed by atoms with Gasteiger partial charge in [0.2, 0.25) is 11.8 Å². The number of phosphoric acid groups is 1. The topological polar surface area (TPSA) is 148 Å². The molecule has 0 heterocycles. The monoisotopic (exact) mass is 508 g/mol. The van der Waals surface area contributed by atoms with Crippen LogP contribution in [-0.2, 0) is 32.8 Å². The number of rotatable bonds is 16. The Hall–Kier alpha value is -1.61. The van der Waals surface area contributed by atoms with E-state index in [0.717, 1.165) is 0 Å². The molecule has 10 nitrogen and oxygen atoms in total. The molecule has 34 heavy (non-hydrogen) atoms. The van der Waals surface area contributed by atoms with Crippen LogP contribution >= 0.6 is 7.82 Å². The number of nitrogens with one attached hydrogen (secondary N) is 2. The molecule has 0 spiro atoms. The zero-order valence-electron chi connectivity index (χ0n) is 22.0. The Labute approximate surface area is 204 Å². The van der Waals surface area contributed by atoms with Gasteiger partial charge in [0.25, 0.3) is 0 Å². The van der Waals surface area contributed by atoms with E-state index in [4.69, 9.17) is 0 Å². The van der Waals surface area contributed by atoms with Crippen molar-refractivity contribution >= 4 is 31.2 Å². The molecule has 0 fully saturated rings. The van der Waals surface area contributed by atoms with Crippen LogP contribution in [0.3, 0.4) is 0 Å².